The minimum absolute atomic E-state index is 0.140. The summed E-state index contributed by atoms with van der Waals surface area (Å²) in [6.07, 6.45) is 5.87. The van der Waals surface area contributed by atoms with Crippen molar-refractivity contribution in [1.29, 1.82) is 0 Å². The number of aromatic nitrogens is 2. The molecule has 5 nitrogen and oxygen atoms in total. The summed E-state index contributed by atoms with van der Waals surface area (Å²) < 4.78 is 0.845. The fraction of sp³-hybridized carbons (Fsp3) is 0.438. The lowest BCUT2D eigenvalue weighted by molar-refractivity contribution is 0.102. The molecule has 122 valence electrons. The topological polar surface area (TPSA) is 58.1 Å². The molecule has 0 spiro atoms. The van der Waals surface area contributed by atoms with Crippen LogP contribution in [0.2, 0.25) is 0 Å². The maximum Gasteiger partial charge on any atom is 0.257 e. The third-order valence-electron chi connectivity index (χ3n) is 3.87. The van der Waals surface area contributed by atoms with E-state index in [1.54, 1.807) is 0 Å². The van der Waals surface area contributed by atoms with Gasteiger partial charge in [0.2, 0.25) is 5.13 Å². The Balaban J connectivity index is 1.58. The van der Waals surface area contributed by atoms with Gasteiger partial charge in [-0.15, -0.1) is 10.2 Å². The first-order valence-corrected chi connectivity index (χ1v) is 9.79. The summed E-state index contributed by atoms with van der Waals surface area (Å²) in [6.45, 7) is 3.32. The molecule has 1 N–H and O–H groups in total. The van der Waals surface area contributed by atoms with Crippen molar-refractivity contribution in [1.82, 2.24) is 15.1 Å². The van der Waals surface area contributed by atoms with Gasteiger partial charge in [-0.1, -0.05) is 41.7 Å². The molecule has 2 aromatic rings. The predicted octanol–water partition coefficient (Wildman–Crippen LogP) is 3.50. The number of hydrogen-bond donors (Lipinski definition) is 1. The van der Waals surface area contributed by atoms with E-state index in [4.69, 9.17) is 0 Å². The Morgan fingerprint density at radius 1 is 1.22 bits per heavy atom. The zero-order valence-corrected chi connectivity index (χ0v) is 14.8. The van der Waals surface area contributed by atoms with Gasteiger partial charge < -0.3 is 0 Å². The van der Waals surface area contributed by atoms with E-state index in [0.717, 1.165) is 10.9 Å². The van der Waals surface area contributed by atoms with Crippen LogP contribution in [-0.4, -0.2) is 40.3 Å². The summed E-state index contributed by atoms with van der Waals surface area (Å²) in [4.78, 5) is 14.7. The number of amides is 1. The Kier molecular flexibility index (Phi) is 5.64. The Labute approximate surface area is 144 Å². The Morgan fingerprint density at radius 2 is 1.96 bits per heavy atom. The second-order valence-electron chi connectivity index (χ2n) is 5.57. The summed E-state index contributed by atoms with van der Waals surface area (Å²) >= 11 is 2.90. The van der Waals surface area contributed by atoms with Gasteiger partial charge in [-0.3, -0.25) is 15.0 Å². The number of thioether (sulfide) groups is 1. The largest absolute Gasteiger partial charge is 0.299 e. The van der Waals surface area contributed by atoms with Crippen molar-refractivity contribution >= 4 is 34.1 Å². The number of nitrogens with one attached hydrogen (secondary N) is 1. The van der Waals surface area contributed by atoms with Crippen molar-refractivity contribution in [3.05, 3.63) is 35.4 Å². The highest BCUT2D eigenvalue weighted by Gasteiger charge is 2.12. The van der Waals surface area contributed by atoms with E-state index in [0.29, 0.717) is 10.7 Å². The summed E-state index contributed by atoms with van der Waals surface area (Å²) in [5.41, 5.74) is 1.90. The smallest absolute Gasteiger partial charge is 0.257 e. The van der Waals surface area contributed by atoms with Crippen molar-refractivity contribution in [2.75, 3.05) is 24.7 Å². The van der Waals surface area contributed by atoms with Crippen molar-refractivity contribution in [3.63, 3.8) is 0 Å². The maximum absolute atomic E-state index is 12.2. The Hall–Kier alpha value is -1.44. The molecule has 1 amide bonds. The molecule has 1 aromatic carbocycles. The Morgan fingerprint density at radius 3 is 2.61 bits per heavy atom. The lowest BCUT2D eigenvalue weighted by atomic mass is 10.1. The predicted molar refractivity (Wildman–Crippen MR) is 95.2 cm³/mol. The van der Waals surface area contributed by atoms with E-state index < -0.39 is 0 Å². The van der Waals surface area contributed by atoms with Crippen LogP contribution in [0.5, 0.6) is 0 Å². The number of anilines is 1. The molecule has 2 heterocycles. The molecule has 0 aliphatic carbocycles. The SMILES string of the molecule is CSc1nnc(NC(=O)c2ccc(CN3CCCCC3)cc2)s1. The number of likely N-dealkylation sites (tertiary alicyclic amines) is 1. The highest BCUT2D eigenvalue weighted by Crippen LogP contribution is 2.23. The van der Waals surface area contributed by atoms with Crippen LogP contribution in [0, 0.1) is 0 Å². The Bertz CT molecular complexity index is 650. The zero-order chi connectivity index (χ0) is 16.1. The average molecular weight is 348 g/mol. The van der Waals surface area contributed by atoms with E-state index in [1.165, 1.54) is 61.0 Å². The molecular weight excluding hydrogens is 328 g/mol. The third kappa shape index (κ3) is 4.53. The summed E-state index contributed by atoms with van der Waals surface area (Å²) in [5, 5.41) is 11.3. The van der Waals surface area contributed by atoms with E-state index in [2.05, 4.69) is 20.4 Å². The molecule has 1 fully saturated rings. The number of hydrogen-bond acceptors (Lipinski definition) is 6. The zero-order valence-electron chi connectivity index (χ0n) is 13.1. The molecule has 7 heteroatoms. The van der Waals surface area contributed by atoms with Gasteiger partial charge in [0.1, 0.15) is 0 Å². The van der Waals surface area contributed by atoms with E-state index in [9.17, 15) is 4.79 Å². The van der Waals surface area contributed by atoms with Gasteiger partial charge >= 0.3 is 0 Å². The monoisotopic (exact) mass is 348 g/mol. The standard InChI is InChI=1S/C16H20N4OS2/c1-22-16-19-18-15(23-16)17-14(21)13-7-5-12(6-8-13)11-20-9-3-2-4-10-20/h5-8H,2-4,9-11H2,1H3,(H,17,18,21). The fourth-order valence-electron chi connectivity index (χ4n) is 2.65. The molecule has 0 radical (unpaired) electrons. The highest BCUT2D eigenvalue weighted by molar-refractivity contribution is 8.00. The van der Waals surface area contributed by atoms with Gasteiger partial charge in [0.15, 0.2) is 4.34 Å². The lowest BCUT2D eigenvalue weighted by Crippen LogP contribution is -2.29. The number of carbonyl (C=O) groups excluding carboxylic acids is 1. The number of piperidine rings is 1. The number of carbonyl (C=O) groups is 1. The number of nitrogens with zero attached hydrogens (tertiary/aromatic N) is 3. The van der Waals surface area contributed by atoms with Crippen LogP contribution in [0.1, 0.15) is 35.2 Å². The van der Waals surface area contributed by atoms with Crippen molar-refractivity contribution in [2.45, 2.75) is 30.1 Å². The molecule has 1 aliphatic rings. The molecule has 3 rings (SSSR count). The van der Waals surface area contributed by atoms with Crippen molar-refractivity contribution in [3.8, 4) is 0 Å². The minimum Gasteiger partial charge on any atom is -0.299 e. The molecule has 0 saturated carbocycles. The third-order valence-corrected chi connectivity index (χ3v) is 5.69. The quantitative estimate of drug-likeness (QED) is 0.662. The van der Waals surface area contributed by atoms with Crippen LogP contribution in [-0.2, 0) is 6.54 Å². The second kappa shape index (κ2) is 7.90. The van der Waals surface area contributed by atoms with E-state index in [-0.39, 0.29) is 5.91 Å². The molecule has 0 unspecified atom stereocenters. The van der Waals surface area contributed by atoms with Crippen LogP contribution >= 0.6 is 23.1 Å². The molecule has 1 aromatic heterocycles. The van der Waals surface area contributed by atoms with Crippen LogP contribution in [0.4, 0.5) is 5.13 Å². The normalized spacial score (nSPS) is 15.5. The molecule has 0 bridgehead atoms. The molecular formula is C16H20N4OS2. The summed E-state index contributed by atoms with van der Waals surface area (Å²) in [7, 11) is 0. The van der Waals surface area contributed by atoms with E-state index in [1.807, 2.05) is 30.5 Å². The molecule has 0 atom stereocenters. The van der Waals surface area contributed by atoms with Gasteiger partial charge in [0.25, 0.3) is 5.91 Å². The maximum atomic E-state index is 12.2. The fourth-order valence-corrected chi connectivity index (χ4v) is 3.81. The van der Waals surface area contributed by atoms with Gasteiger partial charge in [-0.05, 0) is 49.9 Å². The van der Waals surface area contributed by atoms with Crippen LogP contribution in [0.3, 0.4) is 0 Å². The molecule has 1 saturated heterocycles. The summed E-state index contributed by atoms with van der Waals surface area (Å²) in [6, 6.07) is 7.84. The second-order valence-corrected chi connectivity index (χ2v) is 7.60. The van der Waals surface area contributed by atoms with Gasteiger partial charge in [-0.25, -0.2) is 0 Å². The van der Waals surface area contributed by atoms with Crippen molar-refractivity contribution < 1.29 is 4.79 Å². The lowest BCUT2D eigenvalue weighted by Gasteiger charge is -2.26. The van der Waals surface area contributed by atoms with Crippen LogP contribution in [0.15, 0.2) is 28.6 Å². The molecule has 1 aliphatic heterocycles. The van der Waals surface area contributed by atoms with E-state index >= 15 is 0 Å². The van der Waals surface area contributed by atoms with Gasteiger partial charge in [0, 0.05) is 12.1 Å². The average Bonchev–Trinajstić information content (AvgIpc) is 3.04. The van der Waals surface area contributed by atoms with Gasteiger partial charge in [-0.2, -0.15) is 0 Å². The van der Waals surface area contributed by atoms with Gasteiger partial charge in [0.05, 0.1) is 0 Å². The highest BCUT2D eigenvalue weighted by atomic mass is 32.2. The minimum atomic E-state index is -0.140. The van der Waals surface area contributed by atoms with Crippen LogP contribution in [0.25, 0.3) is 0 Å². The van der Waals surface area contributed by atoms with Crippen LogP contribution < -0.4 is 5.32 Å². The first kappa shape index (κ1) is 16.4. The summed E-state index contributed by atoms with van der Waals surface area (Å²) in [5.74, 6) is -0.140. The number of benzene rings is 1. The van der Waals surface area contributed by atoms with Crippen molar-refractivity contribution in [2.24, 2.45) is 0 Å². The first-order chi connectivity index (χ1) is 11.2. The first-order valence-electron chi connectivity index (χ1n) is 7.75. The molecule has 23 heavy (non-hydrogen) atoms. The number of rotatable bonds is 5.